The fourth-order valence-electron chi connectivity index (χ4n) is 1.41. The minimum absolute atomic E-state index is 0.0210. The summed E-state index contributed by atoms with van der Waals surface area (Å²) < 4.78 is 16.2. The van der Waals surface area contributed by atoms with Gasteiger partial charge in [0.2, 0.25) is 0 Å². The largest absolute Gasteiger partial charge is 0.461 e. The first-order chi connectivity index (χ1) is 9.58. The molecule has 0 amide bonds. The molecule has 0 aliphatic heterocycles. The number of carbonyl (C=O) groups is 2. The van der Waals surface area contributed by atoms with Gasteiger partial charge in [-0.3, -0.25) is 9.59 Å². The molecule has 0 radical (unpaired) electrons. The zero-order valence-electron chi connectivity index (χ0n) is 13.9. The standard InChI is InChI=1S/C16H28O5/c1-7-10-19-14(18)8-9-15(3,4)21-12-16(5,6)20-11-13(2)17/h7H,1,8-12H2,2-6H3. The van der Waals surface area contributed by atoms with Gasteiger partial charge in [0.15, 0.2) is 5.78 Å². The highest BCUT2D eigenvalue weighted by atomic mass is 16.6. The Morgan fingerprint density at radius 1 is 1.10 bits per heavy atom. The molecule has 0 aliphatic carbocycles. The van der Waals surface area contributed by atoms with Gasteiger partial charge in [-0.25, -0.2) is 0 Å². The first-order valence-corrected chi connectivity index (χ1v) is 7.12. The third-order valence-electron chi connectivity index (χ3n) is 2.77. The zero-order chi connectivity index (χ0) is 16.5. The normalized spacial score (nSPS) is 12.0. The predicted molar refractivity (Wildman–Crippen MR) is 81.1 cm³/mol. The average Bonchev–Trinajstić information content (AvgIpc) is 2.39. The number of Topliss-reactive ketones (excluding diaryl/α,β-unsaturated/α-hetero) is 1. The van der Waals surface area contributed by atoms with E-state index in [2.05, 4.69) is 6.58 Å². The van der Waals surface area contributed by atoms with E-state index in [1.165, 1.54) is 13.0 Å². The van der Waals surface area contributed by atoms with E-state index in [1.807, 2.05) is 27.7 Å². The molecule has 0 aliphatic rings. The summed E-state index contributed by atoms with van der Waals surface area (Å²) in [5.41, 5.74) is -1.02. The zero-order valence-corrected chi connectivity index (χ0v) is 13.9. The Bertz CT molecular complexity index is 358. The van der Waals surface area contributed by atoms with Crippen LogP contribution in [0.4, 0.5) is 0 Å². The van der Waals surface area contributed by atoms with E-state index in [4.69, 9.17) is 14.2 Å². The van der Waals surface area contributed by atoms with E-state index in [0.29, 0.717) is 13.0 Å². The highest BCUT2D eigenvalue weighted by Crippen LogP contribution is 2.21. The lowest BCUT2D eigenvalue weighted by Gasteiger charge is -2.31. The first kappa shape index (κ1) is 19.8. The maximum atomic E-state index is 11.4. The molecule has 0 aromatic carbocycles. The van der Waals surface area contributed by atoms with Crippen molar-refractivity contribution in [1.29, 1.82) is 0 Å². The number of hydrogen-bond acceptors (Lipinski definition) is 5. The molecule has 0 bridgehead atoms. The van der Waals surface area contributed by atoms with Crippen LogP contribution in [-0.4, -0.2) is 42.8 Å². The maximum absolute atomic E-state index is 11.4. The first-order valence-electron chi connectivity index (χ1n) is 7.12. The molecule has 5 heteroatoms. The quantitative estimate of drug-likeness (QED) is 0.433. The van der Waals surface area contributed by atoms with Crippen molar-refractivity contribution < 1.29 is 23.8 Å². The maximum Gasteiger partial charge on any atom is 0.306 e. The average molecular weight is 300 g/mol. The highest BCUT2D eigenvalue weighted by Gasteiger charge is 2.26. The van der Waals surface area contributed by atoms with Crippen molar-refractivity contribution in [1.82, 2.24) is 0 Å². The van der Waals surface area contributed by atoms with Crippen LogP contribution in [0.3, 0.4) is 0 Å². The monoisotopic (exact) mass is 300 g/mol. The molecule has 0 heterocycles. The molecular weight excluding hydrogens is 272 g/mol. The molecule has 0 N–H and O–H groups in total. The van der Waals surface area contributed by atoms with Gasteiger partial charge in [0.1, 0.15) is 13.2 Å². The fourth-order valence-corrected chi connectivity index (χ4v) is 1.41. The Labute approximate surface area is 127 Å². The van der Waals surface area contributed by atoms with Crippen molar-refractivity contribution in [2.24, 2.45) is 0 Å². The Balaban J connectivity index is 4.13. The van der Waals surface area contributed by atoms with Crippen LogP contribution in [0.5, 0.6) is 0 Å². The van der Waals surface area contributed by atoms with E-state index in [0.717, 1.165) is 0 Å². The van der Waals surface area contributed by atoms with Crippen LogP contribution in [0.2, 0.25) is 0 Å². The summed E-state index contributed by atoms with van der Waals surface area (Å²) in [6.07, 6.45) is 2.37. The smallest absolute Gasteiger partial charge is 0.306 e. The SMILES string of the molecule is C=CCOC(=O)CCC(C)(C)OCC(C)(C)OCC(C)=O. The second-order valence-corrected chi connectivity index (χ2v) is 6.27. The molecule has 0 aromatic heterocycles. The molecule has 21 heavy (non-hydrogen) atoms. The summed E-state index contributed by atoms with van der Waals surface area (Å²) in [5.74, 6) is -0.286. The van der Waals surface area contributed by atoms with Gasteiger partial charge in [-0.1, -0.05) is 12.7 Å². The molecule has 0 atom stereocenters. The van der Waals surface area contributed by atoms with Crippen LogP contribution in [-0.2, 0) is 23.8 Å². The van der Waals surface area contributed by atoms with E-state index in [-0.39, 0.29) is 31.4 Å². The van der Waals surface area contributed by atoms with Gasteiger partial charge in [-0.2, -0.15) is 0 Å². The lowest BCUT2D eigenvalue weighted by atomic mass is 10.0. The van der Waals surface area contributed by atoms with Gasteiger partial charge in [0, 0.05) is 6.42 Å². The number of rotatable bonds is 11. The summed E-state index contributed by atoms with van der Waals surface area (Å²) in [5, 5.41) is 0. The summed E-state index contributed by atoms with van der Waals surface area (Å²) in [6, 6.07) is 0. The number of hydrogen-bond donors (Lipinski definition) is 0. The summed E-state index contributed by atoms with van der Waals surface area (Å²) in [6.45, 7) is 13.2. The molecule has 0 fully saturated rings. The molecule has 0 aromatic rings. The Morgan fingerprint density at radius 3 is 2.24 bits per heavy atom. The van der Waals surface area contributed by atoms with Crippen molar-refractivity contribution in [3.05, 3.63) is 12.7 Å². The van der Waals surface area contributed by atoms with Crippen molar-refractivity contribution in [2.75, 3.05) is 19.8 Å². The van der Waals surface area contributed by atoms with E-state index in [1.54, 1.807) is 0 Å². The van der Waals surface area contributed by atoms with Crippen molar-refractivity contribution in [3.63, 3.8) is 0 Å². The van der Waals surface area contributed by atoms with Crippen LogP contribution < -0.4 is 0 Å². The number of carbonyl (C=O) groups excluding carboxylic acids is 2. The fraction of sp³-hybridized carbons (Fsp3) is 0.750. The van der Waals surface area contributed by atoms with Crippen molar-refractivity contribution in [2.45, 2.75) is 58.7 Å². The minimum Gasteiger partial charge on any atom is -0.461 e. The van der Waals surface area contributed by atoms with Crippen LogP contribution in [0.1, 0.15) is 47.5 Å². The topological polar surface area (TPSA) is 61.8 Å². The van der Waals surface area contributed by atoms with Gasteiger partial charge in [0.25, 0.3) is 0 Å². The third kappa shape index (κ3) is 11.2. The molecule has 5 nitrogen and oxygen atoms in total. The highest BCUT2D eigenvalue weighted by molar-refractivity contribution is 5.76. The van der Waals surface area contributed by atoms with Crippen LogP contribution in [0, 0.1) is 0 Å². The predicted octanol–water partition coefficient (Wildman–Crippen LogP) is 2.68. The van der Waals surface area contributed by atoms with Gasteiger partial charge in [0.05, 0.1) is 17.8 Å². The number of ketones is 1. The van der Waals surface area contributed by atoms with E-state index >= 15 is 0 Å². The molecule has 122 valence electrons. The summed E-state index contributed by atoms with van der Waals surface area (Å²) >= 11 is 0. The summed E-state index contributed by atoms with van der Waals surface area (Å²) in [4.78, 5) is 22.4. The third-order valence-corrected chi connectivity index (χ3v) is 2.77. The van der Waals surface area contributed by atoms with Gasteiger partial charge >= 0.3 is 5.97 Å². The van der Waals surface area contributed by atoms with E-state index in [9.17, 15) is 9.59 Å². The van der Waals surface area contributed by atoms with E-state index < -0.39 is 11.2 Å². The molecule has 0 unspecified atom stereocenters. The Morgan fingerprint density at radius 2 is 1.71 bits per heavy atom. The lowest BCUT2D eigenvalue weighted by Crippen LogP contribution is -2.37. The molecule has 0 saturated carbocycles. The number of ether oxygens (including phenoxy) is 3. The van der Waals surface area contributed by atoms with Gasteiger partial charge < -0.3 is 14.2 Å². The number of esters is 1. The van der Waals surface area contributed by atoms with Gasteiger partial charge in [-0.05, 0) is 41.0 Å². The van der Waals surface area contributed by atoms with Gasteiger partial charge in [-0.15, -0.1) is 0 Å². The summed E-state index contributed by atoms with van der Waals surface area (Å²) in [7, 11) is 0. The van der Waals surface area contributed by atoms with Crippen LogP contribution in [0.25, 0.3) is 0 Å². The lowest BCUT2D eigenvalue weighted by molar-refractivity contribution is -0.149. The van der Waals surface area contributed by atoms with Crippen molar-refractivity contribution >= 4 is 11.8 Å². The second-order valence-electron chi connectivity index (χ2n) is 6.27. The Hall–Kier alpha value is -1.20. The molecule has 0 saturated heterocycles. The molecular formula is C16H28O5. The van der Waals surface area contributed by atoms with Crippen molar-refractivity contribution in [3.8, 4) is 0 Å². The van der Waals surface area contributed by atoms with Crippen LogP contribution in [0.15, 0.2) is 12.7 Å². The minimum atomic E-state index is -0.549. The van der Waals surface area contributed by atoms with Crippen LogP contribution >= 0.6 is 0 Å². The second kappa shape index (κ2) is 8.95. The molecule has 0 rings (SSSR count). The Kier molecular flexibility index (Phi) is 8.44. The molecule has 0 spiro atoms.